The molecule has 13 heteroatoms. The number of hydrogen-bond acceptors (Lipinski definition) is 5. The molecule has 0 aliphatic carbocycles. The number of amides is 2. The molecule has 0 unspecified atom stereocenters. The van der Waals surface area contributed by atoms with Gasteiger partial charge in [0.15, 0.2) is 17.4 Å². The lowest BCUT2D eigenvalue weighted by Crippen LogP contribution is -2.26. The van der Waals surface area contributed by atoms with Crippen LogP contribution in [0.1, 0.15) is 37.4 Å². The third-order valence-corrected chi connectivity index (χ3v) is 7.49. The average Bonchev–Trinajstić information content (AvgIpc) is 3.21. The number of benzene rings is 3. The molecule has 2 heterocycles. The summed E-state index contributed by atoms with van der Waals surface area (Å²) in [6, 6.07) is 11.0. The van der Waals surface area contributed by atoms with Crippen molar-refractivity contribution in [3.8, 4) is 17.0 Å². The molecule has 0 saturated heterocycles. The second-order valence-electron chi connectivity index (χ2n) is 9.32. The van der Waals surface area contributed by atoms with Crippen LogP contribution in [0.4, 0.5) is 29.1 Å². The third-order valence-electron chi connectivity index (χ3n) is 6.82. The SMILES string of the molecule is COc1c(F)c(F)c(F)c(F)c1C(=O)NCc1ccc(-c2nn3c(c2C(N)=O)Nc2ccc(I)cc2CC3)cc1C. The van der Waals surface area contributed by atoms with Crippen LogP contribution in [0.2, 0.25) is 0 Å². The molecule has 0 atom stereocenters. The van der Waals surface area contributed by atoms with Crippen molar-refractivity contribution in [2.75, 3.05) is 12.4 Å². The molecular weight excluding hydrogens is 657 g/mol. The van der Waals surface area contributed by atoms with E-state index in [1.807, 2.05) is 12.1 Å². The first-order valence-corrected chi connectivity index (χ1v) is 13.3. The fourth-order valence-corrected chi connectivity index (χ4v) is 5.30. The first kappa shape index (κ1) is 28.4. The molecule has 0 spiro atoms. The van der Waals surface area contributed by atoms with Crippen molar-refractivity contribution in [2.24, 2.45) is 5.73 Å². The molecule has 1 aliphatic rings. The Hall–Kier alpha value is -4.14. The summed E-state index contributed by atoms with van der Waals surface area (Å²) in [6.45, 7) is 2.10. The number of carbonyl (C=O) groups excluding carboxylic acids is 2. The summed E-state index contributed by atoms with van der Waals surface area (Å²) in [7, 11) is 0.902. The van der Waals surface area contributed by atoms with Crippen molar-refractivity contribution in [2.45, 2.75) is 26.4 Å². The van der Waals surface area contributed by atoms with Crippen molar-refractivity contribution in [1.29, 1.82) is 0 Å². The molecule has 2 amide bonds. The fraction of sp³-hybridized carbons (Fsp3) is 0.179. The van der Waals surface area contributed by atoms with Crippen LogP contribution in [0.3, 0.4) is 0 Å². The van der Waals surface area contributed by atoms with Gasteiger partial charge in [0.2, 0.25) is 11.6 Å². The minimum Gasteiger partial charge on any atom is -0.493 e. The zero-order valence-corrected chi connectivity index (χ0v) is 23.8. The quantitative estimate of drug-likeness (QED) is 0.110. The molecule has 5 rings (SSSR count). The molecule has 212 valence electrons. The fourth-order valence-electron chi connectivity index (χ4n) is 4.74. The number of nitrogens with one attached hydrogen (secondary N) is 2. The van der Waals surface area contributed by atoms with Crippen LogP contribution in [0.5, 0.6) is 5.75 Å². The summed E-state index contributed by atoms with van der Waals surface area (Å²) in [5, 5.41) is 10.3. The van der Waals surface area contributed by atoms with Crippen LogP contribution in [0.15, 0.2) is 36.4 Å². The van der Waals surface area contributed by atoms with E-state index in [0.717, 1.165) is 21.9 Å². The van der Waals surface area contributed by atoms with Crippen LogP contribution in [-0.2, 0) is 19.5 Å². The van der Waals surface area contributed by atoms with Gasteiger partial charge in [-0.05, 0) is 76.9 Å². The smallest absolute Gasteiger partial charge is 0.258 e. The van der Waals surface area contributed by atoms with Crippen LogP contribution in [0, 0.1) is 33.8 Å². The molecule has 0 radical (unpaired) electrons. The number of carbonyl (C=O) groups is 2. The molecule has 4 N–H and O–H groups in total. The van der Waals surface area contributed by atoms with Crippen molar-refractivity contribution in [3.05, 3.63) is 91.1 Å². The lowest BCUT2D eigenvalue weighted by molar-refractivity contribution is 0.0939. The van der Waals surface area contributed by atoms with E-state index in [-0.39, 0.29) is 12.1 Å². The van der Waals surface area contributed by atoms with Gasteiger partial charge in [-0.15, -0.1) is 0 Å². The maximum Gasteiger partial charge on any atom is 0.258 e. The Kier molecular flexibility index (Phi) is 7.64. The van der Waals surface area contributed by atoms with Gasteiger partial charge in [0, 0.05) is 27.9 Å². The summed E-state index contributed by atoms with van der Waals surface area (Å²) in [5.74, 6) is -10.3. The number of fused-ring (bicyclic) bond motifs is 2. The molecule has 0 saturated carbocycles. The highest BCUT2D eigenvalue weighted by Crippen LogP contribution is 2.35. The Labute approximate surface area is 245 Å². The Balaban J connectivity index is 1.42. The zero-order valence-electron chi connectivity index (χ0n) is 21.7. The molecule has 0 fully saturated rings. The van der Waals surface area contributed by atoms with E-state index < -0.39 is 46.4 Å². The van der Waals surface area contributed by atoms with Crippen LogP contribution < -0.4 is 21.1 Å². The summed E-state index contributed by atoms with van der Waals surface area (Å²) in [6.07, 6.45) is 0.691. The number of aromatic nitrogens is 2. The number of rotatable bonds is 6. The number of nitrogens with two attached hydrogens (primary N) is 1. The Morgan fingerprint density at radius 2 is 1.80 bits per heavy atom. The van der Waals surface area contributed by atoms with Gasteiger partial charge in [0.25, 0.3) is 11.8 Å². The van der Waals surface area contributed by atoms with Crippen LogP contribution in [0.25, 0.3) is 11.3 Å². The van der Waals surface area contributed by atoms with Gasteiger partial charge in [-0.1, -0.05) is 12.1 Å². The predicted octanol–water partition coefficient (Wildman–Crippen LogP) is 5.36. The summed E-state index contributed by atoms with van der Waals surface area (Å²) in [5.41, 5.74) is 9.07. The standard InChI is InChI=1S/C28H22F4IN5O3/c1-12-9-14(3-4-15(12)11-35-28(40)18-20(29)21(30)22(31)23(32)25(18)41-2)24-19(26(34)39)27-36-17-6-5-16(33)10-13(17)7-8-38(27)37-24/h3-6,9-10,36H,7-8,11H2,1-2H3,(H2,34,39)(H,35,40). The van der Waals surface area contributed by atoms with E-state index in [9.17, 15) is 27.2 Å². The highest BCUT2D eigenvalue weighted by Gasteiger charge is 2.30. The highest BCUT2D eigenvalue weighted by atomic mass is 127. The molecule has 0 bridgehead atoms. The topological polar surface area (TPSA) is 111 Å². The third kappa shape index (κ3) is 5.09. The van der Waals surface area contributed by atoms with E-state index in [4.69, 9.17) is 5.73 Å². The summed E-state index contributed by atoms with van der Waals surface area (Å²) in [4.78, 5) is 25.2. The molecule has 4 aromatic rings. The van der Waals surface area contributed by atoms with Gasteiger partial charge >= 0.3 is 0 Å². The van der Waals surface area contributed by atoms with Gasteiger partial charge in [-0.3, -0.25) is 9.59 Å². The summed E-state index contributed by atoms with van der Waals surface area (Å²) >= 11 is 2.24. The monoisotopic (exact) mass is 679 g/mol. The lowest BCUT2D eigenvalue weighted by atomic mass is 10.0. The largest absolute Gasteiger partial charge is 0.493 e. The number of ether oxygens (including phenoxy) is 1. The van der Waals surface area contributed by atoms with Gasteiger partial charge in [-0.2, -0.15) is 9.49 Å². The maximum absolute atomic E-state index is 14.3. The van der Waals surface area contributed by atoms with Crippen molar-refractivity contribution < 1.29 is 31.9 Å². The second kappa shape index (κ2) is 11.0. The molecule has 41 heavy (non-hydrogen) atoms. The Bertz CT molecular complexity index is 1740. The first-order chi connectivity index (χ1) is 19.5. The van der Waals surface area contributed by atoms with Crippen LogP contribution in [-0.4, -0.2) is 28.7 Å². The molecule has 1 aromatic heterocycles. The van der Waals surface area contributed by atoms with Crippen molar-refractivity contribution in [3.63, 3.8) is 0 Å². The zero-order chi connectivity index (χ0) is 29.6. The number of methoxy groups -OCH3 is 1. The van der Waals surface area contributed by atoms with E-state index in [2.05, 4.69) is 49.1 Å². The summed E-state index contributed by atoms with van der Waals surface area (Å²) < 4.78 is 63.2. The van der Waals surface area contributed by atoms with Crippen molar-refractivity contribution in [1.82, 2.24) is 15.1 Å². The Morgan fingerprint density at radius 1 is 1.07 bits per heavy atom. The van der Waals surface area contributed by atoms with Crippen molar-refractivity contribution >= 4 is 45.9 Å². The van der Waals surface area contributed by atoms with Gasteiger partial charge in [-0.25, -0.2) is 17.9 Å². The average molecular weight is 679 g/mol. The maximum atomic E-state index is 14.3. The van der Waals surface area contributed by atoms with Gasteiger partial charge < -0.3 is 21.1 Å². The number of anilines is 2. The molecule has 8 nitrogen and oxygen atoms in total. The minimum absolute atomic E-state index is 0.159. The number of nitrogens with zero attached hydrogens (tertiary/aromatic N) is 2. The van der Waals surface area contributed by atoms with E-state index >= 15 is 0 Å². The predicted molar refractivity (Wildman–Crippen MR) is 151 cm³/mol. The molecule has 1 aliphatic heterocycles. The number of hydrogen-bond donors (Lipinski definition) is 3. The van der Waals surface area contributed by atoms with Gasteiger partial charge in [0.05, 0.1) is 7.11 Å². The van der Waals surface area contributed by atoms with E-state index in [1.165, 1.54) is 0 Å². The van der Waals surface area contributed by atoms with E-state index in [0.29, 0.717) is 41.2 Å². The lowest BCUT2D eigenvalue weighted by Gasteiger charge is -2.14. The molecule has 3 aromatic carbocycles. The normalized spacial score (nSPS) is 12.2. The van der Waals surface area contributed by atoms with E-state index in [1.54, 1.807) is 29.8 Å². The number of halogens is 5. The highest BCUT2D eigenvalue weighted by molar-refractivity contribution is 14.1. The first-order valence-electron chi connectivity index (χ1n) is 12.3. The Morgan fingerprint density at radius 3 is 2.49 bits per heavy atom. The number of primary amides is 1. The molecular formula is C28H22F4IN5O3. The van der Waals surface area contributed by atoms with Gasteiger partial charge in [0.1, 0.15) is 22.6 Å². The number of aryl methyl sites for hydroxylation is 3. The second-order valence-corrected chi connectivity index (χ2v) is 10.6. The minimum atomic E-state index is -2.12. The van der Waals surface area contributed by atoms with Crippen LogP contribution >= 0.6 is 22.6 Å².